The van der Waals surface area contributed by atoms with Gasteiger partial charge in [-0.3, -0.25) is 9.59 Å². The minimum absolute atomic E-state index is 0.0503. The SMILES string of the molecule is CC(C)(C)C(=O)NC1CCOC2(CCS(=O)(=NC(=O)CC3CC4CCC3O4)CC2)C1. The van der Waals surface area contributed by atoms with Gasteiger partial charge in [-0.05, 0) is 50.9 Å². The van der Waals surface area contributed by atoms with Crippen LogP contribution in [0, 0.1) is 11.3 Å². The Labute approximate surface area is 180 Å². The number of nitrogens with zero attached hydrogens (tertiary/aromatic N) is 1. The maximum atomic E-state index is 13.2. The molecule has 0 aromatic rings. The summed E-state index contributed by atoms with van der Waals surface area (Å²) >= 11 is 0. The van der Waals surface area contributed by atoms with Gasteiger partial charge in [0.1, 0.15) is 0 Å². The fourth-order valence-electron chi connectivity index (χ4n) is 5.32. The van der Waals surface area contributed by atoms with Crippen LogP contribution in [0.2, 0.25) is 0 Å². The molecule has 0 aromatic carbocycles. The summed E-state index contributed by atoms with van der Waals surface area (Å²) in [5.41, 5.74) is -0.776. The summed E-state index contributed by atoms with van der Waals surface area (Å²) in [6.45, 7) is 6.33. The molecule has 7 nitrogen and oxygen atoms in total. The zero-order chi connectivity index (χ0) is 21.6. The minimum atomic E-state index is -2.52. The molecular formula is C22H36N2O5S. The van der Waals surface area contributed by atoms with E-state index in [-0.39, 0.29) is 35.5 Å². The zero-order valence-corrected chi connectivity index (χ0v) is 19.3. The van der Waals surface area contributed by atoms with Crippen LogP contribution in [0.4, 0.5) is 0 Å². The van der Waals surface area contributed by atoms with E-state index in [4.69, 9.17) is 9.47 Å². The van der Waals surface area contributed by atoms with Gasteiger partial charge in [-0.15, -0.1) is 0 Å². The van der Waals surface area contributed by atoms with Gasteiger partial charge in [0.25, 0.3) is 5.91 Å². The van der Waals surface area contributed by atoms with E-state index in [2.05, 4.69) is 9.68 Å². The fraction of sp³-hybridized carbons (Fsp3) is 0.909. The number of carbonyl (C=O) groups is 2. The molecule has 4 aliphatic rings. The average molecular weight is 441 g/mol. The molecule has 4 atom stereocenters. The highest BCUT2D eigenvalue weighted by Gasteiger charge is 2.44. The van der Waals surface area contributed by atoms with Crippen molar-refractivity contribution in [1.82, 2.24) is 5.32 Å². The van der Waals surface area contributed by atoms with E-state index in [1.165, 1.54) is 0 Å². The maximum absolute atomic E-state index is 13.2. The molecule has 1 N–H and O–H groups in total. The van der Waals surface area contributed by atoms with Crippen LogP contribution in [0.3, 0.4) is 0 Å². The lowest BCUT2D eigenvalue weighted by molar-refractivity contribution is -0.133. The van der Waals surface area contributed by atoms with Gasteiger partial charge >= 0.3 is 0 Å². The molecule has 0 aliphatic carbocycles. The molecule has 4 saturated heterocycles. The summed E-state index contributed by atoms with van der Waals surface area (Å²) in [6.07, 6.45) is 6.72. The van der Waals surface area contributed by atoms with E-state index < -0.39 is 15.1 Å². The first-order valence-electron chi connectivity index (χ1n) is 11.4. The van der Waals surface area contributed by atoms with Gasteiger partial charge in [-0.2, -0.15) is 4.36 Å². The first-order valence-corrected chi connectivity index (χ1v) is 13.3. The van der Waals surface area contributed by atoms with Crippen molar-refractivity contribution in [2.45, 2.75) is 96.0 Å². The van der Waals surface area contributed by atoms with Gasteiger partial charge in [-0.1, -0.05) is 20.8 Å². The van der Waals surface area contributed by atoms with E-state index in [1.807, 2.05) is 20.8 Å². The van der Waals surface area contributed by atoms with Crippen LogP contribution in [-0.4, -0.2) is 58.0 Å². The third-order valence-corrected chi connectivity index (χ3v) is 9.42. The van der Waals surface area contributed by atoms with Gasteiger partial charge in [0.05, 0.1) is 27.5 Å². The van der Waals surface area contributed by atoms with Crippen molar-refractivity contribution < 1.29 is 23.3 Å². The number of carbonyl (C=O) groups excluding carboxylic acids is 2. The summed E-state index contributed by atoms with van der Waals surface area (Å²) in [4.78, 5) is 24.9. The lowest BCUT2D eigenvalue weighted by atomic mass is 9.84. The number of hydrogen-bond donors (Lipinski definition) is 1. The highest BCUT2D eigenvalue weighted by molar-refractivity contribution is 7.93. The Hall–Kier alpha value is -0.990. The molecule has 8 heteroatoms. The predicted octanol–water partition coefficient (Wildman–Crippen LogP) is 2.81. The second-order valence-corrected chi connectivity index (χ2v) is 13.2. The topological polar surface area (TPSA) is 94.1 Å². The lowest BCUT2D eigenvalue weighted by Gasteiger charge is -2.44. The van der Waals surface area contributed by atoms with Gasteiger partial charge in [0.15, 0.2) is 0 Å². The Balaban J connectivity index is 1.32. The smallest absolute Gasteiger partial charge is 0.254 e. The minimum Gasteiger partial charge on any atom is -0.375 e. The molecular weight excluding hydrogens is 404 g/mol. The lowest BCUT2D eigenvalue weighted by Crippen LogP contribution is -2.53. The molecule has 4 heterocycles. The van der Waals surface area contributed by atoms with Crippen molar-refractivity contribution in [1.29, 1.82) is 0 Å². The molecule has 0 aromatic heterocycles. The van der Waals surface area contributed by atoms with Crippen molar-refractivity contribution >= 4 is 21.5 Å². The van der Waals surface area contributed by atoms with Crippen LogP contribution in [0.25, 0.3) is 0 Å². The molecule has 4 rings (SSSR count). The van der Waals surface area contributed by atoms with E-state index in [0.717, 1.165) is 32.1 Å². The van der Waals surface area contributed by atoms with E-state index >= 15 is 0 Å². The summed E-state index contributed by atoms with van der Waals surface area (Å²) in [7, 11) is -2.52. The number of nitrogens with one attached hydrogen (secondary N) is 1. The number of hydrogen-bond acceptors (Lipinski definition) is 5. The molecule has 1 spiro atoms. The number of rotatable bonds is 3. The van der Waals surface area contributed by atoms with E-state index in [0.29, 0.717) is 43.5 Å². The molecule has 2 amide bonds. The number of ether oxygens (including phenoxy) is 2. The standard InChI is InChI=1S/C22H36N2O5S/c1-21(2,3)20(26)23-16-6-9-28-22(14-16)7-10-30(27,11-8-22)24-19(25)13-15-12-17-4-5-18(15)29-17/h15-18H,4-14H2,1-3H3,(H,23,26). The summed E-state index contributed by atoms with van der Waals surface area (Å²) in [5, 5.41) is 3.16. The summed E-state index contributed by atoms with van der Waals surface area (Å²) in [6, 6.07) is 0.0796. The second kappa shape index (κ2) is 8.17. The molecule has 4 fully saturated rings. The molecule has 0 saturated carbocycles. The Bertz CT molecular complexity index is 797. The van der Waals surface area contributed by atoms with Crippen LogP contribution in [0.5, 0.6) is 0 Å². The summed E-state index contributed by atoms with van der Waals surface area (Å²) in [5.74, 6) is 0.857. The van der Waals surface area contributed by atoms with Crippen molar-refractivity contribution in [3.63, 3.8) is 0 Å². The third kappa shape index (κ3) is 4.91. The zero-order valence-electron chi connectivity index (χ0n) is 18.5. The average Bonchev–Trinajstić information content (AvgIpc) is 3.27. The molecule has 30 heavy (non-hydrogen) atoms. The summed E-state index contributed by atoms with van der Waals surface area (Å²) < 4.78 is 29.4. The Kier molecular flexibility index (Phi) is 6.05. The van der Waals surface area contributed by atoms with Gasteiger partial charge in [0, 0.05) is 36.0 Å². The number of amides is 2. The van der Waals surface area contributed by atoms with Crippen molar-refractivity contribution in [2.24, 2.45) is 15.7 Å². The van der Waals surface area contributed by atoms with Crippen LogP contribution < -0.4 is 5.32 Å². The first-order chi connectivity index (χ1) is 14.1. The van der Waals surface area contributed by atoms with Crippen molar-refractivity contribution in [3.05, 3.63) is 0 Å². The van der Waals surface area contributed by atoms with Crippen LogP contribution in [0.1, 0.15) is 72.1 Å². The largest absolute Gasteiger partial charge is 0.375 e. The van der Waals surface area contributed by atoms with Crippen LogP contribution in [-0.2, 0) is 28.8 Å². The van der Waals surface area contributed by atoms with Crippen molar-refractivity contribution in [2.75, 3.05) is 18.1 Å². The Morgan fingerprint density at radius 2 is 1.90 bits per heavy atom. The van der Waals surface area contributed by atoms with Crippen molar-refractivity contribution in [3.8, 4) is 0 Å². The molecule has 2 bridgehead atoms. The predicted molar refractivity (Wildman–Crippen MR) is 114 cm³/mol. The Morgan fingerprint density at radius 3 is 2.50 bits per heavy atom. The molecule has 4 aliphatic heterocycles. The number of fused-ring (bicyclic) bond motifs is 2. The first kappa shape index (κ1) is 22.2. The highest BCUT2D eigenvalue weighted by atomic mass is 32.2. The highest BCUT2D eigenvalue weighted by Crippen LogP contribution is 2.41. The van der Waals surface area contributed by atoms with E-state index in [1.54, 1.807) is 0 Å². The van der Waals surface area contributed by atoms with E-state index in [9.17, 15) is 13.8 Å². The molecule has 4 unspecified atom stereocenters. The Morgan fingerprint density at radius 1 is 1.17 bits per heavy atom. The molecule has 0 radical (unpaired) electrons. The normalized spacial score (nSPS) is 41.0. The van der Waals surface area contributed by atoms with Crippen LogP contribution in [0.15, 0.2) is 4.36 Å². The third-order valence-electron chi connectivity index (χ3n) is 7.20. The quantitative estimate of drug-likeness (QED) is 0.728. The molecule has 170 valence electrons. The van der Waals surface area contributed by atoms with Crippen LogP contribution >= 0.6 is 0 Å². The van der Waals surface area contributed by atoms with Gasteiger partial charge < -0.3 is 14.8 Å². The monoisotopic (exact) mass is 440 g/mol. The van der Waals surface area contributed by atoms with Gasteiger partial charge in [0.2, 0.25) is 5.91 Å². The fourth-order valence-corrected chi connectivity index (χ4v) is 7.53. The second-order valence-electron chi connectivity index (χ2n) is 10.7. The maximum Gasteiger partial charge on any atom is 0.254 e. The van der Waals surface area contributed by atoms with Gasteiger partial charge in [-0.25, -0.2) is 4.21 Å².